The first-order valence-electron chi connectivity index (χ1n) is 6.66. The number of piperidine rings is 1. The monoisotopic (exact) mass is 358 g/mol. The van der Waals surface area contributed by atoms with Gasteiger partial charge >= 0.3 is 0 Å². The van der Waals surface area contributed by atoms with Crippen LogP contribution in [-0.4, -0.2) is 48.8 Å². The number of amides is 2. The molecule has 0 aliphatic carbocycles. The van der Waals surface area contributed by atoms with Crippen molar-refractivity contribution in [3.63, 3.8) is 0 Å². The summed E-state index contributed by atoms with van der Waals surface area (Å²) in [5.74, 6) is 0.317. The van der Waals surface area contributed by atoms with Crippen molar-refractivity contribution < 1.29 is 9.59 Å². The van der Waals surface area contributed by atoms with Crippen LogP contribution in [0, 0.1) is 12.8 Å². The Hall–Kier alpha value is -0.880. The molecular weight excluding hydrogens is 340 g/mol. The average molecular weight is 359 g/mol. The highest BCUT2D eigenvalue weighted by molar-refractivity contribution is 9.11. The van der Waals surface area contributed by atoms with E-state index in [0.717, 1.165) is 27.1 Å². The Bertz CT molecular complexity index is 500. The van der Waals surface area contributed by atoms with Crippen LogP contribution in [0.2, 0.25) is 0 Å². The zero-order chi connectivity index (χ0) is 14.9. The van der Waals surface area contributed by atoms with E-state index in [1.807, 2.05) is 17.9 Å². The van der Waals surface area contributed by atoms with Gasteiger partial charge in [0.1, 0.15) is 0 Å². The average Bonchev–Trinajstić information content (AvgIpc) is 2.77. The largest absolute Gasteiger partial charge is 0.349 e. The summed E-state index contributed by atoms with van der Waals surface area (Å²) in [6.45, 7) is 3.31. The van der Waals surface area contributed by atoms with E-state index in [0.29, 0.717) is 13.1 Å². The zero-order valence-corrected chi connectivity index (χ0v) is 14.4. The molecule has 1 aliphatic heterocycles. The smallest absolute Gasteiger partial charge is 0.263 e. The van der Waals surface area contributed by atoms with Crippen LogP contribution in [0.15, 0.2) is 9.85 Å². The van der Waals surface area contributed by atoms with Gasteiger partial charge in [-0.3, -0.25) is 9.59 Å². The number of likely N-dealkylation sites (tertiary alicyclic amines) is 1. The standard InChI is InChI=1S/C14H19BrN2O2S/c1-9-8-11(20-12(9)15)14(19)17-6-4-10(5-7-17)13(18)16(2)3/h8,10H,4-7H2,1-3H3. The van der Waals surface area contributed by atoms with Crippen molar-refractivity contribution in [3.05, 3.63) is 20.3 Å². The Balaban J connectivity index is 1.97. The molecule has 0 bridgehead atoms. The summed E-state index contributed by atoms with van der Waals surface area (Å²) in [5.41, 5.74) is 1.09. The lowest BCUT2D eigenvalue weighted by Gasteiger charge is -2.32. The fourth-order valence-electron chi connectivity index (χ4n) is 2.42. The van der Waals surface area contributed by atoms with Gasteiger partial charge in [-0.05, 0) is 47.3 Å². The molecule has 1 fully saturated rings. The molecule has 6 heteroatoms. The molecule has 2 amide bonds. The number of hydrogen-bond donors (Lipinski definition) is 0. The Morgan fingerprint density at radius 3 is 2.40 bits per heavy atom. The second kappa shape index (κ2) is 6.26. The Labute approximate surface area is 131 Å². The maximum Gasteiger partial charge on any atom is 0.263 e. The van der Waals surface area contributed by atoms with E-state index in [2.05, 4.69) is 15.9 Å². The first kappa shape index (κ1) is 15.5. The van der Waals surface area contributed by atoms with E-state index in [1.54, 1.807) is 19.0 Å². The molecule has 1 aromatic rings. The normalized spacial score (nSPS) is 16.3. The van der Waals surface area contributed by atoms with Gasteiger partial charge in [0, 0.05) is 33.1 Å². The number of carbonyl (C=O) groups excluding carboxylic acids is 2. The first-order chi connectivity index (χ1) is 9.40. The van der Waals surface area contributed by atoms with Crippen LogP contribution < -0.4 is 0 Å². The van der Waals surface area contributed by atoms with Gasteiger partial charge in [0.2, 0.25) is 5.91 Å². The lowest BCUT2D eigenvalue weighted by Crippen LogP contribution is -2.42. The minimum absolute atomic E-state index is 0.0610. The zero-order valence-electron chi connectivity index (χ0n) is 12.0. The van der Waals surface area contributed by atoms with Gasteiger partial charge in [0.25, 0.3) is 5.91 Å². The quantitative estimate of drug-likeness (QED) is 0.815. The molecule has 0 aromatic carbocycles. The number of hydrogen-bond acceptors (Lipinski definition) is 3. The third-order valence-electron chi connectivity index (χ3n) is 3.64. The van der Waals surface area contributed by atoms with E-state index in [4.69, 9.17) is 0 Å². The fraction of sp³-hybridized carbons (Fsp3) is 0.571. The third-order valence-corrected chi connectivity index (χ3v) is 5.76. The second-order valence-corrected chi connectivity index (χ2v) is 7.74. The summed E-state index contributed by atoms with van der Waals surface area (Å²) < 4.78 is 1.01. The van der Waals surface area contributed by atoms with Crippen molar-refractivity contribution >= 4 is 39.1 Å². The van der Waals surface area contributed by atoms with Gasteiger partial charge in [-0.2, -0.15) is 0 Å². The van der Waals surface area contributed by atoms with Crippen LogP contribution in [0.25, 0.3) is 0 Å². The van der Waals surface area contributed by atoms with Crippen molar-refractivity contribution in [1.29, 1.82) is 0 Å². The molecule has 1 aliphatic rings. The van der Waals surface area contributed by atoms with Crippen molar-refractivity contribution in [3.8, 4) is 0 Å². The highest BCUT2D eigenvalue weighted by atomic mass is 79.9. The van der Waals surface area contributed by atoms with Crippen molar-refractivity contribution in [2.75, 3.05) is 27.2 Å². The number of thiophene rings is 1. The van der Waals surface area contributed by atoms with Crippen molar-refractivity contribution in [2.24, 2.45) is 5.92 Å². The van der Waals surface area contributed by atoms with E-state index in [-0.39, 0.29) is 17.7 Å². The van der Waals surface area contributed by atoms with Gasteiger partial charge in [0.15, 0.2) is 0 Å². The van der Waals surface area contributed by atoms with Crippen LogP contribution in [-0.2, 0) is 4.79 Å². The van der Waals surface area contributed by atoms with Gasteiger partial charge in [-0.1, -0.05) is 0 Å². The Kier molecular flexibility index (Phi) is 4.86. The highest BCUT2D eigenvalue weighted by Gasteiger charge is 2.29. The summed E-state index contributed by atoms with van der Waals surface area (Å²) >= 11 is 4.93. The molecule has 110 valence electrons. The molecule has 0 radical (unpaired) electrons. The van der Waals surface area contributed by atoms with Crippen molar-refractivity contribution in [2.45, 2.75) is 19.8 Å². The summed E-state index contributed by atoms with van der Waals surface area (Å²) in [6.07, 6.45) is 1.52. The molecule has 20 heavy (non-hydrogen) atoms. The van der Waals surface area contributed by atoms with Crippen LogP contribution in [0.5, 0.6) is 0 Å². The minimum atomic E-state index is 0.0610. The SMILES string of the molecule is Cc1cc(C(=O)N2CCC(C(=O)N(C)C)CC2)sc1Br. The topological polar surface area (TPSA) is 40.6 Å². The van der Waals surface area contributed by atoms with Gasteiger partial charge in [-0.15, -0.1) is 11.3 Å². The molecule has 0 unspecified atom stereocenters. The predicted octanol–water partition coefficient (Wildman–Crippen LogP) is 2.76. The van der Waals surface area contributed by atoms with E-state index >= 15 is 0 Å². The van der Waals surface area contributed by atoms with Crippen LogP contribution in [0.4, 0.5) is 0 Å². The molecule has 1 aromatic heterocycles. The number of rotatable bonds is 2. The molecule has 0 atom stereocenters. The molecule has 0 N–H and O–H groups in total. The second-order valence-electron chi connectivity index (χ2n) is 5.37. The van der Waals surface area contributed by atoms with Gasteiger partial charge in [0.05, 0.1) is 8.66 Å². The predicted molar refractivity (Wildman–Crippen MR) is 84.1 cm³/mol. The maximum atomic E-state index is 12.4. The summed E-state index contributed by atoms with van der Waals surface area (Å²) in [6, 6.07) is 1.92. The van der Waals surface area contributed by atoms with E-state index in [1.165, 1.54) is 11.3 Å². The van der Waals surface area contributed by atoms with E-state index < -0.39 is 0 Å². The number of carbonyl (C=O) groups is 2. The van der Waals surface area contributed by atoms with Crippen LogP contribution in [0.1, 0.15) is 28.1 Å². The highest BCUT2D eigenvalue weighted by Crippen LogP contribution is 2.29. The van der Waals surface area contributed by atoms with Crippen LogP contribution >= 0.6 is 27.3 Å². The summed E-state index contributed by atoms with van der Waals surface area (Å²) in [5, 5.41) is 0. The molecule has 4 nitrogen and oxygen atoms in total. The molecule has 0 spiro atoms. The lowest BCUT2D eigenvalue weighted by molar-refractivity contribution is -0.134. The van der Waals surface area contributed by atoms with E-state index in [9.17, 15) is 9.59 Å². The molecular formula is C14H19BrN2O2S. The lowest BCUT2D eigenvalue weighted by atomic mass is 9.95. The molecule has 0 saturated carbocycles. The maximum absolute atomic E-state index is 12.4. The molecule has 1 saturated heterocycles. The van der Waals surface area contributed by atoms with Crippen LogP contribution in [0.3, 0.4) is 0 Å². The van der Waals surface area contributed by atoms with Crippen molar-refractivity contribution in [1.82, 2.24) is 9.80 Å². The molecule has 2 rings (SSSR count). The van der Waals surface area contributed by atoms with Gasteiger partial charge < -0.3 is 9.80 Å². The Morgan fingerprint density at radius 1 is 1.35 bits per heavy atom. The third kappa shape index (κ3) is 3.23. The number of nitrogens with zero attached hydrogens (tertiary/aromatic N) is 2. The first-order valence-corrected chi connectivity index (χ1v) is 8.27. The number of aryl methyl sites for hydroxylation is 1. The molecule has 2 heterocycles. The minimum Gasteiger partial charge on any atom is -0.349 e. The fourth-order valence-corrected chi connectivity index (χ4v) is 3.92. The summed E-state index contributed by atoms with van der Waals surface area (Å²) in [7, 11) is 3.57. The number of halogens is 1. The summed E-state index contributed by atoms with van der Waals surface area (Å²) in [4.78, 5) is 28.6. The Morgan fingerprint density at radius 2 is 1.95 bits per heavy atom. The van der Waals surface area contributed by atoms with Gasteiger partial charge in [-0.25, -0.2) is 0 Å².